The molecule has 2 aromatic rings. The van der Waals surface area contributed by atoms with Gasteiger partial charge in [-0.25, -0.2) is 0 Å². The molecule has 0 radical (unpaired) electrons. The van der Waals surface area contributed by atoms with E-state index in [9.17, 15) is 4.79 Å². The van der Waals surface area contributed by atoms with Crippen molar-refractivity contribution in [2.45, 2.75) is 6.54 Å². The second kappa shape index (κ2) is 8.32. The number of ether oxygens (including phenoxy) is 2. The van der Waals surface area contributed by atoms with E-state index >= 15 is 0 Å². The second-order valence-electron chi connectivity index (χ2n) is 5.81. The first kappa shape index (κ1) is 17.7. The van der Waals surface area contributed by atoms with Gasteiger partial charge in [0.2, 0.25) is 12.4 Å². The van der Waals surface area contributed by atoms with E-state index in [2.05, 4.69) is 25.4 Å². The lowest BCUT2D eigenvalue weighted by Gasteiger charge is -2.33. The van der Waals surface area contributed by atoms with Crippen LogP contribution in [0.25, 0.3) is 0 Å². The monoisotopic (exact) mass is 358 g/mol. The average molecular weight is 358 g/mol. The summed E-state index contributed by atoms with van der Waals surface area (Å²) in [5.74, 6) is 2.56. The molecule has 1 saturated heterocycles. The molecule has 2 heterocycles. The van der Waals surface area contributed by atoms with E-state index < -0.39 is 0 Å². The molecule has 1 aromatic carbocycles. The molecule has 1 aliphatic heterocycles. The van der Waals surface area contributed by atoms with Gasteiger partial charge in [0, 0.05) is 32.7 Å². The Morgan fingerprint density at radius 1 is 1.15 bits per heavy atom. The molecule has 0 saturated carbocycles. The number of hydrogen-bond acceptors (Lipinski definition) is 8. The van der Waals surface area contributed by atoms with Crippen LogP contribution in [0.2, 0.25) is 0 Å². The zero-order chi connectivity index (χ0) is 18.4. The minimum absolute atomic E-state index is 0.454. The topological polar surface area (TPSA) is 92.7 Å². The van der Waals surface area contributed by atoms with Crippen molar-refractivity contribution in [2.24, 2.45) is 0 Å². The van der Waals surface area contributed by atoms with E-state index in [-0.39, 0.29) is 0 Å². The number of rotatable bonds is 7. The van der Waals surface area contributed by atoms with Gasteiger partial charge in [-0.2, -0.15) is 10.1 Å². The van der Waals surface area contributed by atoms with Crippen LogP contribution in [0.4, 0.5) is 11.8 Å². The van der Waals surface area contributed by atoms with Crippen LogP contribution in [-0.4, -0.2) is 66.9 Å². The molecular formula is C17H22N6O3. The maximum atomic E-state index is 10.8. The molecule has 0 atom stereocenters. The molecule has 9 heteroatoms. The molecule has 3 rings (SSSR count). The number of carbonyl (C=O) groups excluding carboxylic acids is 1. The number of benzene rings is 1. The Kier molecular flexibility index (Phi) is 5.67. The highest BCUT2D eigenvalue weighted by atomic mass is 16.5. The van der Waals surface area contributed by atoms with Crippen molar-refractivity contribution in [3.63, 3.8) is 0 Å². The van der Waals surface area contributed by atoms with Crippen LogP contribution in [0.15, 0.2) is 24.4 Å². The molecule has 9 nitrogen and oxygen atoms in total. The maximum absolute atomic E-state index is 10.8. The number of piperazine rings is 1. The second-order valence-corrected chi connectivity index (χ2v) is 5.81. The zero-order valence-corrected chi connectivity index (χ0v) is 14.9. The number of aromatic nitrogens is 3. The molecule has 0 spiro atoms. The summed E-state index contributed by atoms with van der Waals surface area (Å²) in [4.78, 5) is 19.2. The van der Waals surface area contributed by atoms with Crippen LogP contribution >= 0.6 is 0 Å². The Labute approximate surface area is 151 Å². The predicted octanol–water partition coefficient (Wildman–Crippen LogP) is 0.779. The normalized spacial score (nSPS) is 14.1. The third-order valence-corrected chi connectivity index (χ3v) is 4.23. The van der Waals surface area contributed by atoms with Crippen LogP contribution in [0, 0.1) is 0 Å². The van der Waals surface area contributed by atoms with E-state index in [1.54, 1.807) is 25.3 Å². The molecule has 1 N–H and O–H groups in total. The maximum Gasteiger partial charge on any atom is 0.244 e. The lowest BCUT2D eigenvalue weighted by atomic mass is 10.2. The van der Waals surface area contributed by atoms with Crippen LogP contribution < -0.4 is 19.7 Å². The van der Waals surface area contributed by atoms with Gasteiger partial charge in [0.1, 0.15) is 0 Å². The molecular weight excluding hydrogens is 336 g/mol. The first-order valence-electron chi connectivity index (χ1n) is 8.32. The van der Waals surface area contributed by atoms with Crippen LogP contribution in [0.1, 0.15) is 5.56 Å². The van der Waals surface area contributed by atoms with Crippen molar-refractivity contribution in [3.05, 3.63) is 30.0 Å². The van der Waals surface area contributed by atoms with Gasteiger partial charge in [-0.3, -0.25) is 4.79 Å². The Morgan fingerprint density at radius 2 is 1.92 bits per heavy atom. The molecule has 0 unspecified atom stereocenters. The van der Waals surface area contributed by atoms with Crippen molar-refractivity contribution in [2.75, 3.05) is 50.6 Å². The lowest BCUT2D eigenvalue weighted by Crippen LogP contribution is -2.46. The highest BCUT2D eigenvalue weighted by Gasteiger charge is 2.17. The predicted molar refractivity (Wildman–Crippen MR) is 96.5 cm³/mol. The minimum Gasteiger partial charge on any atom is -0.493 e. The molecule has 138 valence electrons. The standard InChI is InChI=1S/C17H22N6O3/c1-25-14-4-3-13(9-15(14)26-2)10-18-17-20-16(11-19-21-17)23-7-5-22(12-24)6-8-23/h3-4,9,11-12H,5-8,10H2,1-2H3,(H,18,20,21). The summed E-state index contributed by atoms with van der Waals surface area (Å²) in [5.41, 5.74) is 1.01. The Bertz CT molecular complexity index is 749. The number of nitrogens with one attached hydrogen (secondary N) is 1. The Balaban J connectivity index is 1.63. The van der Waals surface area contributed by atoms with Crippen LogP contribution in [0.3, 0.4) is 0 Å². The molecule has 0 bridgehead atoms. The summed E-state index contributed by atoms with van der Waals surface area (Å²) in [6, 6.07) is 5.71. The quantitative estimate of drug-likeness (QED) is 0.726. The summed E-state index contributed by atoms with van der Waals surface area (Å²) >= 11 is 0. The fraction of sp³-hybridized carbons (Fsp3) is 0.412. The van der Waals surface area contributed by atoms with E-state index in [4.69, 9.17) is 9.47 Å². The first-order chi connectivity index (χ1) is 12.7. The van der Waals surface area contributed by atoms with Crippen LogP contribution in [0.5, 0.6) is 11.5 Å². The lowest BCUT2D eigenvalue weighted by molar-refractivity contribution is -0.118. The largest absolute Gasteiger partial charge is 0.493 e. The van der Waals surface area contributed by atoms with Crippen molar-refractivity contribution in [1.82, 2.24) is 20.1 Å². The van der Waals surface area contributed by atoms with E-state index in [0.29, 0.717) is 37.1 Å². The summed E-state index contributed by atoms with van der Waals surface area (Å²) < 4.78 is 10.6. The van der Waals surface area contributed by atoms with Crippen molar-refractivity contribution < 1.29 is 14.3 Å². The number of nitrogens with zero attached hydrogens (tertiary/aromatic N) is 5. The molecule has 1 fully saturated rings. The van der Waals surface area contributed by atoms with Gasteiger partial charge in [0.05, 0.1) is 20.4 Å². The Hall–Kier alpha value is -3.10. The fourth-order valence-electron chi connectivity index (χ4n) is 2.75. The van der Waals surface area contributed by atoms with Gasteiger partial charge in [-0.1, -0.05) is 6.07 Å². The van der Waals surface area contributed by atoms with Gasteiger partial charge >= 0.3 is 0 Å². The van der Waals surface area contributed by atoms with E-state index in [1.165, 1.54) is 0 Å². The summed E-state index contributed by atoms with van der Waals surface area (Å²) in [6.45, 7) is 3.35. The van der Waals surface area contributed by atoms with Gasteiger partial charge in [0.15, 0.2) is 17.3 Å². The minimum atomic E-state index is 0.454. The summed E-state index contributed by atoms with van der Waals surface area (Å²) in [6.07, 6.45) is 2.52. The highest BCUT2D eigenvalue weighted by Crippen LogP contribution is 2.27. The fourth-order valence-corrected chi connectivity index (χ4v) is 2.75. The van der Waals surface area contributed by atoms with E-state index in [1.807, 2.05) is 18.2 Å². The third-order valence-electron chi connectivity index (χ3n) is 4.23. The van der Waals surface area contributed by atoms with Gasteiger partial charge < -0.3 is 24.6 Å². The smallest absolute Gasteiger partial charge is 0.244 e. The number of hydrogen-bond donors (Lipinski definition) is 1. The molecule has 26 heavy (non-hydrogen) atoms. The number of anilines is 2. The number of methoxy groups -OCH3 is 2. The van der Waals surface area contributed by atoms with Crippen molar-refractivity contribution >= 4 is 18.2 Å². The summed E-state index contributed by atoms with van der Waals surface area (Å²) in [7, 11) is 3.21. The van der Waals surface area contributed by atoms with Gasteiger partial charge in [0.25, 0.3) is 0 Å². The molecule has 0 aliphatic carbocycles. The van der Waals surface area contributed by atoms with Gasteiger partial charge in [-0.15, -0.1) is 5.10 Å². The zero-order valence-electron chi connectivity index (χ0n) is 14.9. The van der Waals surface area contributed by atoms with Gasteiger partial charge in [-0.05, 0) is 17.7 Å². The average Bonchev–Trinajstić information content (AvgIpc) is 2.72. The molecule has 1 aliphatic rings. The van der Waals surface area contributed by atoms with Crippen molar-refractivity contribution in [1.29, 1.82) is 0 Å². The third kappa shape index (κ3) is 4.11. The SMILES string of the molecule is COc1ccc(CNc2nncc(N3CCN(C=O)CC3)n2)cc1OC. The molecule has 1 aromatic heterocycles. The van der Waals surface area contributed by atoms with Crippen LogP contribution in [-0.2, 0) is 11.3 Å². The number of carbonyl (C=O) groups is 1. The number of amides is 1. The van der Waals surface area contributed by atoms with Crippen molar-refractivity contribution in [3.8, 4) is 11.5 Å². The highest BCUT2D eigenvalue weighted by molar-refractivity contribution is 5.49. The summed E-state index contributed by atoms with van der Waals surface area (Å²) in [5, 5.41) is 11.2. The molecule has 1 amide bonds. The van der Waals surface area contributed by atoms with E-state index in [0.717, 1.165) is 30.9 Å². The Morgan fingerprint density at radius 3 is 2.62 bits per heavy atom. The first-order valence-corrected chi connectivity index (χ1v) is 8.32.